The molecule has 2 N–H and O–H groups in total. The van der Waals surface area contributed by atoms with Gasteiger partial charge in [0.1, 0.15) is 5.82 Å². The number of rotatable bonds is 6. The average Bonchev–Trinajstić information content (AvgIpc) is 3.01. The predicted molar refractivity (Wildman–Crippen MR) is 77.5 cm³/mol. The first-order valence-electron chi connectivity index (χ1n) is 6.86. The Bertz CT molecular complexity index is 652. The lowest BCUT2D eigenvalue weighted by Crippen LogP contribution is -2.37. The van der Waals surface area contributed by atoms with Crippen LogP contribution >= 0.6 is 0 Å². The minimum absolute atomic E-state index is 0.0508. The highest BCUT2D eigenvalue weighted by atomic mass is 19.1. The Morgan fingerprint density at radius 1 is 1.23 bits per heavy atom. The lowest BCUT2D eigenvalue weighted by Gasteiger charge is -2.05. The second-order valence-electron chi connectivity index (χ2n) is 4.57. The molecule has 2 amide bonds. The van der Waals surface area contributed by atoms with Crippen LogP contribution in [0.25, 0.3) is 11.3 Å². The van der Waals surface area contributed by atoms with E-state index in [4.69, 9.17) is 4.42 Å². The second kappa shape index (κ2) is 7.35. The van der Waals surface area contributed by atoms with E-state index in [1.165, 1.54) is 24.3 Å². The number of benzene rings is 1. The predicted octanol–water partition coefficient (Wildman–Crippen LogP) is 1.74. The van der Waals surface area contributed by atoms with E-state index in [0.29, 0.717) is 12.1 Å². The van der Waals surface area contributed by atoms with E-state index in [2.05, 4.69) is 15.6 Å². The van der Waals surface area contributed by atoms with Crippen molar-refractivity contribution in [1.82, 2.24) is 15.6 Å². The number of aromatic nitrogens is 1. The third-order valence-corrected chi connectivity index (χ3v) is 2.87. The normalized spacial score (nSPS) is 10.3. The molecule has 0 aliphatic heterocycles. The Labute approximate surface area is 126 Å². The topological polar surface area (TPSA) is 84.2 Å². The van der Waals surface area contributed by atoms with E-state index < -0.39 is 5.91 Å². The molecule has 1 aromatic heterocycles. The molecule has 0 saturated carbocycles. The van der Waals surface area contributed by atoms with E-state index in [1.54, 1.807) is 0 Å². The zero-order chi connectivity index (χ0) is 15.9. The van der Waals surface area contributed by atoms with Gasteiger partial charge in [0, 0.05) is 12.1 Å². The third-order valence-electron chi connectivity index (χ3n) is 2.87. The summed E-state index contributed by atoms with van der Waals surface area (Å²) in [5, 5.41) is 5.11. The average molecular weight is 305 g/mol. The van der Waals surface area contributed by atoms with Gasteiger partial charge in [0.2, 0.25) is 5.91 Å². The summed E-state index contributed by atoms with van der Waals surface area (Å²) in [5.41, 5.74) is 0.578. The van der Waals surface area contributed by atoms with Gasteiger partial charge in [-0.25, -0.2) is 9.37 Å². The first-order valence-corrected chi connectivity index (χ1v) is 6.86. The molecular formula is C15H16FN3O3. The van der Waals surface area contributed by atoms with E-state index in [9.17, 15) is 14.0 Å². The van der Waals surface area contributed by atoms with Gasteiger partial charge >= 0.3 is 0 Å². The first kappa shape index (κ1) is 15.7. The number of amides is 2. The van der Waals surface area contributed by atoms with Crippen molar-refractivity contribution in [2.75, 3.05) is 13.1 Å². The summed E-state index contributed by atoms with van der Waals surface area (Å²) >= 11 is 0. The number of hydrogen-bond donors (Lipinski definition) is 2. The van der Waals surface area contributed by atoms with E-state index in [0.717, 1.165) is 12.8 Å². The summed E-state index contributed by atoms with van der Waals surface area (Å²) in [6.07, 6.45) is 1.95. The molecule has 0 radical (unpaired) electrons. The molecule has 0 unspecified atom stereocenters. The molecule has 7 heteroatoms. The van der Waals surface area contributed by atoms with Crippen molar-refractivity contribution >= 4 is 11.8 Å². The molecular weight excluding hydrogens is 289 g/mol. The maximum absolute atomic E-state index is 12.9. The molecule has 0 spiro atoms. The zero-order valence-corrected chi connectivity index (χ0v) is 12.1. The van der Waals surface area contributed by atoms with Gasteiger partial charge in [-0.3, -0.25) is 9.59 Å². The zero-order valence-electron chi connectivity index (χ0n) is 12.1. The molecule has 0 fully saturated rings. The largest absolute Gasteiger partial charge is 0.443 e. The van der Waals surface area contributed by atoms with E-state index >= 15 is 0 Å². The van der Waals surface area contributed by atoms with Gasteiger partial charge in [-0.05, 0) is 30.7 Å². The molecule has 0 atom stereocenters. The lowest BCUT2D eigenvalue weighted by atomic mass is 10.1. The fourth-order valence-corrected chi connectivity index (χ4v) is 1.79. The summed E-state index contributed by atoms with van der Waals surface area (Å²) in [5.74, 6) is -0.963. The maximum atomic E-state index is 12.9. The summed E-state index contributed by atoms with van der Waals surface area (Å²) in [4.78, 5) is 27.4. The highest BCUT2D eigenvalue weighted by Gasteiger charge is 2.18. The van der Waals surface area contributed by atoms with Crippen molar-refractivity contribution in [2.45, 2.75) is 13.3 Å². The SMILES string of the molecule is CCCNC(=O)CNC(=O)c1ncoc1-c1ccc(F)cc1. The Morgan fingerprint density at radius 2 is 1.95 bits per heavy atom. The van der Waals surface area contributed by atoms with Crippen LogP contribution < -0.4 is 10.6 Å². The van der Waals surface area contributed by atoms with Gasteiger partial charge in [-0.15, -0.1) is 0 Å². The molecule has 116 valence electrons. The number of nitrogens with one attached hydrogen (secondary N) is 2. The number of carbonyl (C=O) groups is 2. The van der Waals surface area contributed by atoms with E-state index in [-0.39, 0.29) is 29.7 Å². The van der Waals surface area contributed by atoms with Crippen LogP contribution in [0.15, 0.2) is 35.1 Å². The Kier molecular flexibility index (Phi) is 5.24. The standard InChI is InChI=1S/C15H16FN3O3/c1-2-7-17-12(20)8-18-15(21)13-14(22-9-19-13)10-3-5-11(16)6-4-10/h3-6,9H,2,7-8H2,1H3,(H,17,20)(H,18,21). The van der Waals surface area contributed by atoms with Crippen molar-refractivity contribution < 1.29 is 18.4 Å². The summed E-state index contributed by atoms with van der Waals surface area (Å²) in [7, 11) is 0. The number of halogens is 1. The second-order valence-corrected chi connectivity index (χ2v) is 4.57. The van der Waals surface area contributed by atoms with Crippen LogP contribution in [-0.4, -0.2) is 29.9 Å². The first-order chi connectivity index (χ1) is 10.6. The molecule has 1 aromatic carbocycles. The van der Waals surface area contributed by atoms with Crippen molar-refractivity contribution in [1.29, 1.82) is 0 Å². The summed E-state index contributed by atoms with van der Waals surface area (Å²) < 4.78 is 18.1. The Balaban J connectivity index is 2.04. The van der Waals surface area contributed by atoms with Crippen LogP contribution in [-0.2, 0) is 4.79 Å². The fraction of sp³-hybridized carbons (Fsp3) is 0.267. The summed E-state index contributed by atoms with van der Waals surface area (Å²) in [6, 6.07) is 5.50. The quantitative estimate of drug-likeness (QED) is 0.851. The smallest absolute Gasteiger partial charge is 0.274 e. The van der Waals surface area contributed by atoms with Gasteiger partial charge in [-0.1, -0.05) is 6.92 Å². The van der Waals surface area contributed by atoms with Gasteiger partial charge < -0.3 is 15.1 Å². The van der Waals surface area contributed by atoms with Crippen LogP contribution in [0, 0.1) is 5.82 Å². The van der Waals surface area contributed by atoms with Crippen molar-refractivity contribution in [2.24, 2.45) is 0 Å². The van der Waals surface area contributed by atoms with Gasteiger partial charge in [-0.2, -0.15) is 0 Å². The van der Waals surface area contributed by atoms with Crippen LogP contribution in [0.4, 0.5) is 4.39 Å². The minimum Gasteiger partial charge on any atom is -0.443 e. The lowest BCUT2D eigenvalue weighted by molar-refractivity contribution is -0.120. The molecule has 1 heterocycles. The Hall–Kier alpha value is -2.70. The molecule has 22 heavy (non-hydrogen) atoms. The highest BCUT2D eigenvalue weighted by molar-refractivity contribution is 5.99. The van der Waals surface area contributed by atoms with Crippen LogP contribution in [0.5, 0.6) is 0 Å². The number of nitrogens with zero attached hydrogens (tertiary/aromatic N) is 1. The van der Waals surface area contributed by atoms with Crippen LogP contribution in [0.1, 0.15) is 23.8 Å². The maximum Gasteiger partial charge on any atom is 0.274 e. The molecule has 0 aliphatic carbocycles. The molecule has 6 nitrogen and oxygen atoms in total. The van der Waals surface area contributed by atoms with Gasteiger partial charge in [0.15, 0.2) is 17.8 Å². The molecule has 0 bridgehead atoms. The van der Waals surface area contributed by atoms with Crippen LogP contribution in [0.3, 0.4) is 0 Å². The summed E-state index contributed by atoms with van der Waals surface area (Å²) in [6.45, 7) is 2.34. The number of oxazole rings is 1. The highest BCUT2D eigenvalue weighted by Crippen LogP contribution is 2.23. The molecule has 0 saturated heterocycles. The monoisotopic (exact) mass is 305 g/mol. The van der Waals surface area contributed by atoms with Crippen LogP contribution in [0.2, 0.25) is 0 Å². The van der Waals surface area contributed by atoms with Crippen molar-refractivity contribution in [3.63, 3.8) is 0 Å². The van der Waals surface area contributed by atoms with E-state index in [1.807, 2.05) is 6.92 Å². The van der Waals surface area contributed by atoms with Gasteiger partial charge in [0.25, 0.3) is 5.91 Å². The van der Waals surface area contributed by atoms with Crippen molar-refractivity contribution in [3.8, 4) is 11.3 Å². The molecule has 0 aliphatic rings. The minimum atomic E-state index is -0.528. The number of hydrogen-bond acceptors (Lipinski definition) is 4. The van der Waals surface area contributed by atoms with Gasteiger partial charge in [0.05, 0.1) is 6.54 Å². The van der Waals surface area contributed by atoms with Crippen molar-refractivity contribution in [3.05, 3.63) is 42.2 Å². The number of carbonyl (C=O) groups excluding carboxylic acids is 2. The fourth-order valence-electron chi connectivity index (χ4n) is 1.79. The molecule has 2 rings (SSSR count). The third kappa shape index (κ3) is 3.91. The molecule has 2 aromatic rings. The Morgan fingerprint density at radius 3 is 2.64 bits per heavy atom.